The highest BCUT2D eigenvalue weighted by Gasteiger charge is 2.06. The maximum atomic E-state index is 10.2. The molecule has 1 rings (SSSR count). The van der Waals surface area contributed by atoms with Gasteiger partial charge in [0.15, 0.2) is 0 Å². The van der Waals surface area contributed by atoms with Gasteiger partial charge in [-0.15, -0.1) is 0 Å². The van der Waals surface area contributed by atoms with Gasteiger partial charge in [-0.05, 0) is 18.2 Å². The van der Waals surface area contributed by atoms with Crippen molar-refractivity contribution in [3.8, 4) is 0 Å². The Morgan fingerprint density at radius 1 is 1.50 bits per heavy atom. The van der Waals surface area contributed by atoms with E-state index in [2.05, 4.69) is 0 Å². The van der Waals surface area contributed by atoms with E-state index in [1.54, 1.807) is 6.07 Å². The highest BCUT2D eigenvalue weighted by atomic mass is 32.1. The zero-order valence-corrected chi connectivity index (χ0v) is 6.78. The lowest BCUT2D eigenvalue weighted by molar-refractivity contribution is -0.380. The van der Waals surface area contributed by atoms with Gasteiger partial charge >= 0.3 is 5.00 Å². The number of allylic oxidation sites excluding steroid dienone is 1. The predicted octanol–water partition coefficient (Wildman–Crippen LogP) is 1.87. The SMILES string of the molecule is O=CC=Cc1ccc([N+](=O)[O-])s1. The molecule has 4 nitrogen and oxygen atoms in total. The van der Waals surface area contributed by atoms with Crippen LogP contribution in [0.2, 0.25) is 0 Å². The van der Waals surface area contributed by atoms with Gasteiger partial charge in [0.05, 0.1) is 4.92 Å². The summed E-state index contributed by atoms with van der Waals surface area (Å²) in [6, 6.07) is 3.01. The second kappa shape index (κ2) is 3.77. The molecule has 0 spiro atoms. The first-order chi connectivity index (χ1) is 5.74. The molecule has 1 aromatic rings. The maximum Gasteiger partial charge on any atom is 0.324 e. The molecule has 0 N–H and O–H groups in total. The Bertz CT molecular complexity index is 329. The van der Waals surface area contributed by atoms with Crippen molar-refractivity contribution in [1.29, 1.82) is 0 Å². The summed E-state index contributed by atoms with van der Waals surface area (Å²) >= 11 is 1.04. The Hall–Kier alpha value is -1.49. The van der Waals surface area contributed by atoms with E-state index in [9.17, 15) is 14.9 Å². The van der Waals surface area contributed by atoms with Crippen LogP contribution in [0, 0.1) is 10.1 Å². The number of nitrogens with zero attached hydrogens (tertiary/aromatic N) is 1. The Morgan fingerprint density at radius 3 is 2.75 bits per heavy atom. The van der Waals surface area contributed by atoms with Gasteiger partial charge < -0.3 is 0 Å². The third-order valence-electron chi connectivity index (χ3n) is 1.13. The molecular weight excluding hydrogens is 178 g/mol. The molecule has 0 fully saturated rings. The third kappa shape index (κ3) is 2.00. The van der Waals surface area contributed by atoms with Crippen LogP contribution in [0.25, 0.3) is 6.08 Å². The second-order valence-corrected chi connectivity index (χ2v) is 3.02. The number of carbonyl (C=O) groups excluding carboxylic acids is 1. The average Bonchev–Trinajstić information content (AvgIpc) is 2.48. The van der Waals surface area contributed by atoms with Crippen molar-refractivity contribution >= 4 is 28.7 Å². The van der Waals surface area contributed by atoms with Crippen LogP contribution < -0.4 is 0 Å². The summed E-state index contributed by atoms with van der Waals surface area (Å²) in [5.74, 6) is 0. The zero-order chi connectivity index (χ0) is 8.97. The van der Waals surface area contributed by atoms with E-state index in [0.29, 0.717) is 11.2 Å². The van der Waals surface area contributed by atoms with Crippen molar-refractivity contribution in [3.05, 3.63) is 33.2 Å². The van der Waals surface area contributed by atoms with Crippen molar-refractivity contribution in [3.63, 3.8) is 0 Å². The molecule has 5 heteroatoms. The number of aldehydes is 1. The molecule has 0 aliphatic carbocycles. The summed E-state index contributed by atoms with van der Waals surface area (Å²) in [4.78, 5) is 20.4. The fraction of sp³-hybridized carbons (Fsp3) is 0. The Kier molecular flexibility index (Phi) is 2.71. The normalized spacial score (nSPS) is 10.3. The van der Waals surface area contributed by atoms with Crippen LogP contribution in [-0.4, -0.2) is 11.2 Å². The number of hydrogen-bond donors (Lipinski definition) is 0. The van der Waals surface area contributed by atoms with Crippen LogP contribution >= 0.6 is 11.3 Å². The first kappa shape index (κ1) is 8.61. The molecule has 0 aliphatic rings. The maximum absolute atomic E-state index is 10.2. The van der Waals surface area contributed by atoms with Crippen LogP contribution in [0.3, 0.4) is 0 Å². The number of carbonyl (C=O) groups is 1. The summed E-state index contributed by atoms with van der Waals surface area (Å²) in [5, 5.41) is 10.3. The first-order valence-corrected chi connectivity index (χ1v) is 3.92. The molecule has 0 saturated carbocycles. The van der Waals surface area contributed by atoms with Crippen LogP contribution in [0.15, 0.2) is 18.2 Å². The van der Waals surface area contributed by atoms with E-state index >= 15 is 0 Å². The van der Waals surface area contributed by atoms with Crippen LogP contribution in [-0.2, 0) is 4.79 Å². The van der Waals surface area contributed by atoms with Crippen molar-refractivity contribution in [2.45, 2.75) is 0 Å². The Labute approximate surface area is 72.3 Å². The number of hydrogen-bond acceptors (Lipinski definition) is 4. The van der Waals surface area contributed by atoms with Crippen molar-refractivity contribution < 1.29 is 9.72 Å². The molecule has 12 heavy (non-hydrogen) atoms. The van der Waals surface area contributed by atoms with E-state index in [1.165, 1.54) is 18.2 Å². The minimum Gasteiger partial charge on any atom is -0.299 e. The van der Waals surface area contributed by atoms with Gasteiger partial charge in [0, 0.05) is 10.9 Å². The Balaban J connectivity index is 2.84. The zero-order valence-electron chi connectivity index (χ0n) is 5.97. The lowest BCUT2D eigenvalue weighted by Gasteiger charge is -1.79. The van der Waals surface area contributed by atoms with Gasteiger partial charge in [0.1, 0.15) is 6.29 Å². The summed E-state index contributed by atoms with van der Waals surface area (Å²) in [6.45, 7) is 0. The summed E-state index contributed by atoms with van der Waals surface area (Å²) in [5.41, 5.74) is 0. The number of thiophene rings is 1. The fourth-order valence-electron chi connectivity index (χ4n) is 0.664. The molecule has 0 bridgehead atoms. The predicted molar refractivity (Wildman–Crippen MR) is 46.1 cm³/mol. The molecule has 0 unspecified atom stereocenters. The van der Waals surface area contributed by atoms with Crippen LogP contribution in [0.4, 0.5) is 5.00 Å². The number of nitro groups is 1. The molecule has 0 atom stereocenters. The van der Waals surface area contributed by atoms with Crippen molar-refractivity contribution in [2.24, 2.45) is 0 Å². The molecule has 0 amide bonds. The van der Waals surface area contributed by atoms with Gasteiger partial charge in [-0.2, -0.15) is 0 Å². The minimum absolute atomic E-state index is 0.0838. The van der Waals surface area contributed by atoms with Gasteiger partial charge in [-0.1, -0.05) is 11.3 Å². The van der Waals surface area contributed by atoms with E-state index in [4.69, 9.17) is 0 Å². The molecule has 1 heterocycles. The summed E-state index contributed by atoms with van der Waals surface area (Å²) < 4.78 is 0. The lowest BCUT2D eigenvalue weighted by atomic mass is 10.4. The summed E-state index contributed by atoms with van der Waals surface area (Å²) in [7, 11) is 0. The Morgan fingerprint density at radius 2 is 2.25 bits per heavy atom. The van der Waals surface area contributed by atoms with Gasteiger partial charge in [-0.3, -0.25) is 14.9 Å². The van der Waals surface area contributed by atoms with E-state index in [1.807, 2.05) is 0 Å². The van der Waals surface area contributed by atoms with Gasteiger partial charge in [-0.25, -0.2) is 0 Å². The molecule has 0 aliphatic heterocycles. The molecular formula is C7H5NO3S. The molecule has 62 valence electrons. The first-order valence-electron chi connectivity index (χ1n) is 3.10. The van der Waals surface area contributed by atoms with Crippen LogP contribution in [0.5, 0.6) is 0 Å². The second-order valence-electron chi connectivity index (χ2n) is 1.93. The van der Waals surface area contributed by atoms with Gasteiger partial charge in [0.2, 0.25) is 0 Å². The lowest BCUT2D eigenvalue weighted by Crippen LogP contribution is -1.80. The van der Waals surface area contributed by atoms with E-state index in [-0.39, 0.29) is 5.00 Å². The van der Waals surface area contributed by atoms with E-state index in [0.717, 1.165) is 11.3 Å². The average molecular weight is 183 g/mol. The summed E-state index contributed by atoms with van der Waals surface area (Å²) in [6.07, 6.45) is 3.46. The third-order valence-corrected chi connectivity index (χ3v) is 2.13. The standard InChI is InChI=1S/C7H5NO3S/c9-5-1-2-6-3-4-7(12-6)8(10)11/h1-5H. The van der Waals surface area contributed by atoms with Crippen LogP contribution in [0.1, 0.15) is 4.88 Å². The molecule has 1 aromatic heterocycles. The topological polar surface area (TPSA) is 60.2 Å². The monoisotopic (exact) mass is 183 g/mol. The largest absolute Gasteiger partial charge is 0.324 e. The highest BCUT2D eigenvalue weighted by Crippen LogP contribution is 2.24. The van der Waals surface area contributed by atoms with Crippen molar-refractivity contribution in [2.75, 3.05) is 0 Å². The quantitative estimate of drug-likeness (QED) is 0.311. The highest BCUT2D eigenvalue weighted by molar-refractivity contribution is 7.16. The smallest absolute Gasteiger partial charge is 0.299 e. The minimum atomic E-state index is -0.455. The van der Waals surface area contributed by atoms with Gasteiger partial charge in [0.25, 0.3) is 0 Å². The fourth-order valence-corrected chi connectivity index (χ4v) is 1.40. The molecule has 0 aromatic carbocycles. The molecule has 0 radical (unpaired) electrons. The number of rotatable bonds is 3. The van der Waals surface area contributed by atoms with Crippen molar-refractivity contribution in [1.82, 2.24) is 0 Å². The van der Waals surface area contributed by atoms with E-state index < -0.39 is 4.92 Å². The molecule has 0 saturated heterocycles.